The third-order valence-electron chi connectivity index (χ3n) is 2.65. The second-order valence-electron chi connectivity index (χ2n) is 3.99. The van der Waals surface area contributed by atoms with Crippen molar-refractivity contribution in [1.82, 2.24) is 10.6 Å². The summed E-state index contributed by atoms with van der Waals surface area (Å²) in [6.07, 6.45) is 10.5. The monoisotopic (exact) mass is 209 g/mol. The van der Waals surface area contributed by atoms with Crippen molar-refractivity contribution in [3.05, 3.63) is 12.2 Å². The summed E-state index contributed by atoms with van der Waals surface area (Å²) in [4.78, 5) is 4.22. The molecule has 15 heavy (non-hydrogen) atoms. The van der Waals surface area contributed by atoms with Crippen LogP contribution in [0.25, 0.3) is 0 Å². The molecular weight excluding hydrogens is 186 g/mol. The number of hydrogen-bond donors (Lipinski definition) is 2. The number of unbranched alkanes of at least 4 members (excludes halogenated alkanes) is 2. The Hall–Kier alpha value is -0.990. The highest BCUT2D eigenvalue weighted by molar-refractivity contribution is 5.80. The Kier molecular flexibility index (Phi) is 5.90. The Bertz CT molecular complexity index is 213. The minimum absolute atomic E-state index is 0.544. The van der Waals surface area contributed by atoms with Crippen molar-refractivity contribution >= 4 is 5.96 Å². The van der Waals surface area contributed by atoms with Crippen LogP contribution in [-0.4, -0.2) is 25.6 Å². The highest BCUT2D eigenvalue weighted by atomic mass is 15.2. The molecule has 0 aromatic rings. The van der Waals surface area contributed by atoms with E-state index in [2.05, 4.69) is 34.7 Å². The van der Waals surface area contributed by atoms with Gasteiger partial charge in [0.25, 0.3) is 0 Å². The van der Waals surface area contributed by atoms with Gasteiger partial charge in [-0.3, -0.25) is 4.99 Å². The van der Waals surface area contributed by atoms with Crippen molar-refractivity contribution in [1.29, 1.82) is 0 Å². The first-order valence-corrected chi connectivity index (χ1v) is 5.99. The molecule has 0 fully saturated rings. The van der Waals surface area contributed by atoms with Gasteiger partial charge in [0, 0.05) is 19.6 Å². The van der Waals surface area contributed by atoms with Gasteiger partial charge in [-0.1, -0.05) is 31.9 Å². The lowest BCUT2D eigenvalue weighted by Crippen LogP contribution is -2.42. The average Bonchev–Trinajstić information content (AvgIpc) is 2.75. The van der Waals surface area contributed by atoms with Crippen molar-refractivity contribution < 1.29 is 0 Å². The molecule has 0 aromatic heterocycles. The Balaban J connectivity index is 2.13. The molecule has 0 unspecified atom stereocenters. The standard InChI is InChI=1S/C12H23N3/c1-3-4-7-10-14-12(13-2)15-11-8-5-6-9-11/h5-6,11H,3-4,7-10H2,1-2H3,(H2,13,14,15). The van der Waals surface area contributed by atoms with Gasteiger partial charge in [-0.15, -0.1) is 0 Å². The van der Waals surface area contributed by atoms with Crippen LogP contribution in [0, 0.1) is 0 Å². The Morgan fingerprint density at radius 2 is 2.07 bits per heavy atom. The topological polar surface area (TPSA) is 36.4 Å². The van der Waals surface area contributed by atoms with Crippen molar-refractivity contribution in [2.24, 2.45) is 4.99 Å². The van der Waals surface area contributed by atoms with Crippen LogP contribution in [0.15, 0.2) is 17.1 Å². The Morgan fingerprint density at radius 3 is 2.67 bits per heavy atom. The van der Waals surface area contributed by atoms with Crippen LogP contribution in [0.2, 0.25) is 0 Å². The molecule has 0 bridgehead atoms. The lowest BCUT2D eigenvalue weighted by molar-refractivity contribution is 0.622. The Labute approximate surface area is 93.1 Å². The zero-order valence-electron chi connectivity index (χ0n) is 9.92. The van der Waals surface area contributed by atoms with Gasteiger partial charge in [-0.2, -0.15) is 0 Å². The van der Waals surface area contributed by atoms with Crippen molar-refractivity contribution in [2.75, 3.05) is 13.6 Å². The maximum absolute atomic E-state index is 4.22. The number of aliphatic imine (C=N–C) groups is 1. The molecule has 0 saturated carbocycles. The van der Waals surface area contributed by atoms with E-state index in [0.717, 1.165) is 25.3 Å². The maximum atomic E-state index is 4.22. The summed E-state index contributed by atoms with van der Waals surface area (Å²) in [5, 5.41) is 6.76. The molecule has 2 N–H and O–H groups in total. The third kappa shape index (κ3) is 4.86. The highest BCUT2D eigenvalue weighted by Gasteiger charge is 2.10. The van der Waals surface area contributed by atoms with E-state index in [1.165, 1.54) is 19.3 Å². The molecule has 0 spiro atoms. The van der Waals surface area contributed by atoms with Gasteiger partial charge in [0.05, 0.1) is 0 Å². The van der Waals surface area contributed by atoms with Crippen LogP contribution >= 0.6 is 0 Å². The first-order chi connectivity index (χ1) is 7.36. The molecule has 0 heterocycles. The second-order valence-corrected chi connectivity index (χ2v) is 3.99. The zero-order valence-corrected chi connectivity index (χ0v) is 9.92. The van der Waals surface area contributed by atoms with Gasteiger partial charge in [-0.05, 0) is 19.3 Å². The molecule has 3 nitrogen and oxygen atoms in total. The zero-order chi connectivity index (χ0) is 10.9. The van der Waals surface area contributed by atoms with E-state index in [0.29, 0.717) is 6.04 Å². The summed E-state index contributed by atoms with van der Waals surface area (Å²) < 4.78 is 0. The number of guanidine groups is 1. The highest BCUT2D eigenvalue weighted by Crippen LogP contribution is 2.08. The largest absolute Gasteiger partial charge is 0.356 e. The molecular formula is C12H23N3. The van der Waals surface area contributed by atoms with E-state index in [1.54, 1.807) is 0 Å². The van der Waals surface area contributed by atoms with E-state index >= 15 is 0 Å². The summed E-state index contributed by atoms with van der Waals surface area (Å²) in [6.45, 7) is 3.24. The normalized spacial score (nSPS) is 17.1. The fourth-order valence-electron chi connectivity index (χ4n) is 1.70. The van der Waals surface area contributed by atoms with E-state index in [-0.39, 0.29) is 0 Å². The molecule has 1 aliphatic carbocycles. The molecule has 1 aliphatic rings. The molecule has 3 heteroatoms. The second kappa shape index (κ2) is 7.32. The predicted octanol–water partition coefficient (Wildman–Crippen LogP) is 2.06. The van der Waals surface area contributed by atoms with Crippen LogP contribution in [0.5, 0.6) is 0 Å². The summed E-state index contributed by atoms with van der Waals surface area (Å²) >= 11 is 0. The summed E-state index contributed by atoms with van der Waals surface area (Å²) in [6, 6.07) is 0.544. The van der Waals surface area contributed by atoms with Gasteiger partial charge in [0.15, 0.2) is 5.96 Å². The van der Waals surface area contributed by atoms with Crippen molar-refractivity contribution in [3.63, 3.8) is 0 Å². The number of rotatable bonds is 5. The molecule has 0 aromatic carbocycles. The van der Waals surface area contributed by atoms with Crippen LogP contribution in [-0.2, 0) is 0 Å². The molecule has 0 radical (unpaired) electrons. The molecule has 0 amide bonds. The minimum Gasteiger partial charge on any atom is -0.356 e. The van der Waals surface area contributed by atoms with Gasteiger partial charge in [0.2, 0.25) is 0 Å². The van der Waals surface area contributed by atoms with Crippen LogP contribution in [0.4, 0.5) is 0 Å². The average molecular weight is 209 g/mol. The molecule has 0 saturated heterocycles. The summed E-state index contributed by atoms with van der Waals surface area (Å²) in [5.41, 5.74) is 0. The predicted molar refractivity (Wildman–Crippen MR) is 66.2 cm³/mol. The van der Waals surface area contributed by atoms with Crippen LogP contribution in [0.3, 0.4) is 0 Å². The van der Waals surface area contributed by atoms with Gasteiger partial charge >= 0.3 is 0 Å². The number of nitrogens with zero attached hydrogens (tertiary/aromatic N) is 1. The van der Waals surface area contributed by atoms with Crippen molar-refractivity contribution in [3.8, 4) is 0 Å². The minimum atomic E-state index is 0.544. The Morgan fingerprint density at radius 1 is 1.33 bits per heavy atom. The molecule has 0 aliphatic heterocycles. The van der Waals surface area contributed by atoms with E-state index in [4.69, 9.17) is 0 Å². The van der Waals surface area contributed by atoms with E-state index in [9.17, 15) is 0 Å². The van der Waals surface area contributed by atoms with Crippen LogP contribution < -0.4 is 10.6 Å². The molecule has 0 atom stereocenters. The number of hydrogen-bond acceptors (Lipinski definition) is 1. The fraction of sp³-hybridized carbons (Fsp3) is 0.750. The van der Waals surface area contributed by atoms with Crippen LogP contribution in [0.1, 0.15) is 39.0 Å². The quantitative estimate of drug-likeness (QED) is 0.315. The first kappa shape index (κ1) is 12.1. The fourth-order valence-corrected chi connectivity index (χ4v) is 1.70. The number of nitrogens with one attached hydrogen (secondary N) is 2. The summed E-state index contributed by atoms with van der Waals surface area (Å²) in [7, 11) is 1.83. The van der Waals surface area contributed by atoms with Gasteiger partial charge < -0.3 is 10.6 Å². The molecule has 86 valence electrons. The van der Waals surface area contributed by atoms with Gasteiger partial charge in [-0.25, -0.2) is 0 Å². The first-order valence-electron chi connectivity index (χ1n) is 5.99. The van der Waals surface area contributed by atoms with E-state index in [1.807, 2.05) is 7.05 Å². The lowest BCUT2D eigenvalue weighted by Gasteiger charge is -2.16. The third-order valence-corrected chi connectivity index (χ3v) is 2.65. The molecule has 1 rings (SSSR count). The maximum Gasteiger partial charge on any atom is 0.191 e. The summed E-state index contributed by atoms with van der Waals surface area (Å²) in [5.74, 6) is 0.944. The lowest BCUT2D eigenvalue weighted by atomic mass is 10.2. The van der Waals surface area contributed by atoms with Crippen molar-refractivity contribution in [2.45, 2.75) is 45.1 Å². The SMILES string of the molecule is CCCCCNC(=NC)NC1CC=CC1. The van der Waals surface area contributed by atoms with Gasteiger partial charge in [0.1, 0.15) is 0 Å². The smallest absolute Gasteiger partial charge is 0.191 e. The van der Waals surface area contributed by atoms with E-state index < -0.39 is 0 Å².